The number of fused-ring (bicyclic) bond motifs is 1. The van der Waals surface area contributed by atoms with Gasteiger partial charge in [0.05, 0.1) is 17.5 Å². The number of nitrogens with two attached hydrogens (primary N) is 1. The summed E-state index contributed by atoms with van der Waals surface area (Å²) in [6, 6.07) is 2.46. The second-order valence-electron chi connectivity index (χ2n) is 4.69. The van der Waals surface area contributed by atoms with Crippen molar-refractivity contribution in [3.63, 3.8) is 0 Å². The molecule has 0 aliphatic rings. The molecule has 0 saturated carbocycles. The topological polar surface area (TPSA) is 100 Å². The van der Waals surface area contributed by atoms with E-state index in [1.165, 1.54) is 30.1 Å². The fourth-order valence-corrected chi connectivity index (χ4v) is 3.41. The first-order valence-electron chi connectivity index (χ1n) is 6.32. The van der Waals surface area contributed by atoms with Crippen molar-refractivity contribution in [2.45, 2.75) is 4.90 Å². The van der Waals surface area contributed by atoms with Gasteiger partial charge in [-0.15, -0.1) is 0 Å². The van der Waals surface area contributed by atoms with Crippen molar-refractivity contribution in [3.8, 4) is 11.6 Å². The number of primary sulfonamides is 1. The largest absolute Gasteiger partial charge is 0.479 e. The normalized spacial score (nSPS) is 11.9. The Bertz CT molecular complexity index is 1070. The van der Waals surface area contributed by atoms with Crippen LogP contribution in [0.2, 0.25) is 10.2 Å². The summed E-state index contributed by atoms with van der Waals surface area (Å²) < 4.78 is 43.9. The number of hydrogen-bond acceptors (Lipinski definition) is 5. The zero-order chi connectivity index (χ0) is 17.6. The van der Waals surface area contributed by atoms with Gasteiger partial charge in [0.15, 0.2) is 11.0 Å². The minimum atomic E-state index is -4.10. The highest BCUT2D eigenvalue weighted by atomic mass is 35.5. The molecule has 7 nitrogen and oxygen atoms in total. The Morgan fingerprint density at radius 3 is 2.71 bits per heavy atom. The van der Waals surface area contributed by atoms with Crippen LogP contribution in [0.3, 0.4) is 0 Å². The number of ether oxygens (including phenoxy) is 1. The smallest absolute Gasteiger partial charge is 0.240 e. The molecule has 0 unspecified atom stereocenters. The number of pyridine rings is 2. The van der Waals surface area contributed by atoms with Crippen molar-refractivity contribution in [1.82, 2.24) is 14.5 Å². The minimum Gasteiger partial charge on any atom is -0.479 e. The third kappa shape index (κ3) is 2.69. The molecule has 3 aromatic heterocycles. The lowest BCUT2D eigenvalue weighted by Crippen LogP contribution is -2.11. The maximum Gasteiger partial charge on any atom is 0.240 e. The number of rotatable bonds is 3. The monoisotopic (exact) mass is 390 g/mol. The Morgan fingerprint density at radius 2 is 2.08 bits per heavy atom. The van der Waals surface area contributed by atoms with E-state index in [9.17, 15) is 12.8 Å². The molecular formula is C13H9Cl2FN4O3S. The minimum absolute atomic E-state index is 0.0268. The molecule has 0 spiro atoms. The third-order valence-electron chi connectivity index (χ3n) is 3.24. The highest BCUT2D eigenvalue weighted by molar-refractivity contribution is 7.89. The molecule has 0 aliphatic heterocycles. The summed E-state index contributed by atoms with van der Waals surface area (Å²) in [6.07, 6.45) is 2.55. The highest BCUT2D eigenvalue weighted by Crippen LogP contribution is 2.34. The van der Waals surface area contributed by atoms with E-state index in [1.54, 1.807) is 0 Å². The van der Waals surface area contributed by atoms with Gasteiger partial charge in [-0.1, -0.05) is 23.2 Å². The second kappa shape index (κ2) is 5.85. The van der Waals surface area contributed by atoms with Crippen LogP contribution in [0, 0.1) is 5.82 Å². The zero-order valence-corrected chi connectivity index (χ0v) is 14.3. The molecule has 0 radical (unpaired) electrons. The quantitative estimate of drug-likeness (QED) is 0.692. The van der Waals surface area contributed by atoms with E-state index < -0.39 is 15.8 Å². The Hall–Kier alpha value is -1.94. The van der Waals surface area contributed by atoms with E-state index in [0.717, 1.165) is 6.07 Å². The number of halogens is 3. The molecule has 3 heterocycles. The van der Waals surface area contributed by atoms with Crippen LogP contribution in [0.5, 0.6) is 5.88 Å². The number of methoxy groups -OCH3 is 1. The van der Waals surface area contributed by atoms with Gasteiger partial charge in [-0.3, -0.25) is 4.57 Å². The Kier molecular flexibility index (Phi) is 4.12. The molecule has 0 aromatic carbocycles. The lowest BCUT2D eigenvalue weighted by atomic mass is 10.3. The molecule has 2 N–H and O–H groups in total. The molecule has 3 aromatic rings. The van der Waals surface area contributed by atoms with E-state index in [1.807, 2.05) is 0 Å². The molecule has 0 aliphatic carbocycles. The maximum atomic E-state index is 13.8. The molecule has 3 rings (SSSR count). The first kappa shape index (κ1) is 16.9. The summed E-state index contributed by atoms with van der Waals surface area (Å²) in [5.74, 6) is -0.838. The van der Waals surface area contributed by atoms with E-state index in [4.69, 9.17) is 33.1 Å². The van der Waals surface area contributed by atoms with E-state index >= 15 is 0 Å². The second-order valence-corrected chi connectivity index (χ2v) is 6.98. The van der Waals surface area contributed by atoms with Gasteiger partial charge >= 0.3 is 0 Å². The van der Waals surface area contributed by atoms with Gasteiger partial charge in [-0.2, -0.15) is 4.98 Å². The van der Waals surface area contributed by atoms with E-state index in [-0.39, 0.29) is 37.7 Å². The summed E-state index contributed by atoms with van der Waals surface area (Å²) in [4.78, 5) is 7.62. The summed E-state index contributed by atoms with van der Waals surface area (Å²) in [6.45, 7) is 0. The van der Waals surface area contributed by atoms with Crippen molar-refractivity contribution >= 4 is 44.3 Å². The van der Waals surface area contributed by atoms with Crippen LogP contribution in [0.15, 0.2) is 29.4 Å². The molecule has 0 bridgehead atoms. The molecule has 0 saturated heterocycles. The van der Waals surface area contributed by atoms with Crippen LogP contribution in [0.4, 0.5) is 4.39 Å². The standard InChI is InChI=1S/C13H9Cl2FN4O3S/c1-23-13-8(4-7(16)11(15)19-13)20-5-9(24(17,21)22)10-6(14)2-3-18-12(10)20/h2-5H,1H3,(H2,17,21,22). The molecule has 0 atom stereocenters. The molecule has 126 valence electrons. The predicted molar refractivity (Wildman–Crippen MR) is 86.8 cm³/mol. The number of hydrogen-bond donors (Lipinski definition) is 1. The average Bonchev–Trinajstić information content (AvgIpc) is 2.90. The average molecular weight is 391 g/mol. The Labute approximate surface area is 145 Å². The van der Waals surface area contributed by atoms with Crippen molar-refractivity contribution < 1.29 is 17.5 Å². The fourth-order valence-electron chi connectivity index (χ4n) is 2.24. The fraction of sp³-hybridized carbons (Fsp3) is 0.0769. The van der Waals surface area contributed by atoms with Gasteiger partial charge in [0.1, 0.15) is 16.2 Å². The number of aromatic nitrogens is 3. The first-order valence-corrected chi connectivity index (χ1v) is 8.63. The summed E-state index contributed by atoms with van der Waals surface area (Å²) in [7, 11) is -2.79. The lowest BCUT2D eigenvalue weighted by Gasteiger charge is -2.10. The van der Waals surface area contributed by atoms with Gasteiger partial charge in [0.25, 0.3) is 0 Å². The first-order chi connectivity index (χ1) is 11.2. The summed E-state index contributed by atoms with van der Waals surface area (Å²) >= 11 is 11.7. The van der Waals surface area contributed by atoms with Gasteiger partial charge in [0.2, 0.25) is 15.9 Å². The number of sulfonamides is 1. The number of nitrogens with zero attached hydrogens (tertiary/aromatic N) is 3. The molecule has 0 amide bonds. The zero-order valence-electron chi connectivity index (χ0n) is 12.0. The van der Waals surface area contributed by atoms with Gasteiger partial charge in [-0.25, -0.2) is 22.9 Å². The molecule has 24 heavy (non-hydrogen) atoms. The third-order valence-corrected chi connectivity index (χ3v) is 4.74. The van der Waals surface area contributed by atoms with Crippen molar-refractivity contribution in [2.24, 2.45) is 5.14 Å². The van der Waals surface area contributed by atoms with Crippen LogP contribution < -0.4 is 9.88 Å². The summed E-state index contributed by atoms with van der Waals surface area (Å²) in [5.41, 5.74) is 0.238. The summed E-state index contributed by atoms with van der Waals surface area (Å²) in [5, 5.41) is 5.09. The van der Waals surface area contributed by atoms with E-state index in [2.05, 4.69) is 9.97 Å². The van der Waals surface area contributed by atoms with Crippen LogP contribution in [0.1, 0.15) is 0 Å². The Morgan fingerprint density at radius 1 is 1.38 bits per heavy atom. The van der Waals surface area contributed by atoms with Crippen molar-refractivity contribution in [1.29, 1.82) is 0 Å². The molecule has 0 fully saturated rings. The predicted octanol–water partition coefficient (Wildman–Crippen LogP) is 2.52. The van der Waals surface area contributed by atoms with Crippen LogP contribution in [-0.4, -0.2) is 30.1 Å². The van der Waals surface area contributed by atoms with E-state index in [0.29, 0.717) is 0 Å². The highest BCUT2D eigenvalue weighted by Gasteiger charge is 2.23. The van der Waals surface area contributed by atoms with Crippen molar-refractivity contribution in [3.05, 3.63) is 40.5 Å². The van der Waals surface area contributed by atoms with Crippen LogP contribution >= 0.6 is 23.2 Å². The van der Waals surface area contributed by atoms with Crippen molar-refractivity contribution in [2.75, 3.05) is 7.11 Å². The van der Waals surface area contributed by atoms with Crippen LogP contribution in [0.25, 0.3) is 16.7 Å². The van der Waals surface area contributed by atoms with Gasteiger partial charge in [0, 0.05) is 18.5 Å². The van der Waals surface area contributed by atoms with Crippen LogP contribution in [-0.2, 0) is 10.0 Å². The molecular weight excluding hydrogens is 382 g/mol. The van der Waals surface area contributed by atoms with Gasteiger partial charge < -0.3 is 4.74 Å². The molecule has 11 heteroatoms. The van der Waals surface area contributed by atoms with Gasteiger partial charge in [-0.05, 0) is 6.07 Å². The maximum absolute atomic E-state index is 13.8. The SMILES string of the molecule is COc1nc(Cl)c(F)cc1-n1cc(S(N)(=O)=O)c2c(Cl)ccnc21. The Balaban J connectivity index is 2.45. The lowest BCUT2D eigenvalue weighted by molar-refractivity contribution is 0.394.